The first kappa shape index (κ1) is 17.6. The third-order valence-electron chi connectivity index (χ3n) is 2.94. The van der Waals surface area contributed by atoms with E-state index >= 15 is 0 Å². The zero-order valence-corrected chi connectivity index (χ0v) is 14.1. The minimum Gasteiger partial charge on any atom is -0.497 e. The number of methoxy groups -OCH3 is 1. The van der Waals surface area contributed by atoms with Crippen LogP contribution in [-0.2, 0) is 4.79 Å². The second kappa shape index (κ2) is 8.20. The van der Waals surface area contributed by atoms with Crippen molar-refractivity contribution in [2.45, 2.75) is 12.1 Å². The van der Waals surface area contributed by atoms with Crippen molar-refractivity contribution >= 4 is 23.7 Å². The molecule has 2 rings (SSSR count). The van der Waals surface area contributed by atoms with Crippen LogP contribution in [0.15, 0.2) is 29.4 Å². The molecule has 0 unspecified atom stereocenters. The van der Waals surface area contributed by atoms with Gasteiger partial charge in [0.15, 0.2) is 5.82 Å². The molecule has 2 aromatic rings. The maximum absolute atomic E-state index is 11.7. The fraction of sp³-hybridized carbons (Fsp3) is 0.286. The second-order valence-corrected chi connectivity index (χ2v) is 5.54. The zero-order chi connectivity index (χ0) is 17.5. The van der Waals surface area contributed by atoms with Gasteiger partial charge in [0.2, 0.25) is 11.1 Å². The number of hydrogen-bond donors (Lipinski definition) is 3. The van der Waals surface area contributed by atoms with E-state index in [1.165, 1.54) is 4.68 Å². The number of nitrogens with one attached hydrogen (secondary N) is 2. The van der Waals surface area contributed by atoms with E-state index in [-0.39, 0.29) is 5.75 Å². The summed E-state index contributed by atoms with van der Waals surface area (Å²) in [4.78, 5) is 22.9. The van der Waals surface area contributed by atoms with Gasteiger partial charge in [0.05, 0.1) is 12.9 Å². The van der Waals surface area contributed by atoms with Crippen molar-refractivity contribution in [1.82, 2.24) is 25.5 Å². The monoisotopic (exact) mass is 350 g/mol. The maximum atomic E-state index is 11.7. The Morgan fingerprint density at radius 1 is 1.29 bits per heavy atom. The molecule has 24 heavy (non-hydrogen) atoms. The Hall–Kier alpha value is -2.75. The van der Waals surface area contributed by atoms with E-state index < -0.39 is 11.9 Å². The van der Waals surface area contributed by atoms with Gasteiger partial charge in [-0.1, -0.05) is 11.8 Å². The van der Waals surface area contributed by atoms with Gasteiger partial charge in [0, 0.05) is 12.1 Å². The molecule has 0 aliphatic rings. The molecule has 0 fully saturated rings. The molecule has 0 bridgehead atoms. The number of carbonyl (C=O) groups is 2. The highest BCUT2D eigenvalue weighted by atomic mass is 32.2. The number of imide groups is 1. The molecule has 1 aromatic heterocycles. The first-order chi connectivity index (χ1) is 11.5. The van der Waals surface area contributed by atoms with E-state index in [2.05, 4.69) is 20.8 Å². The van der Waals surface area contributed by atoms with Gasteiger partial charge in [0.1, 0.15) is 5.75 Å². The summed E-state index contributed by atoms with van der Waals surface area (Å²) in [6.07, 6.45) is 0. The summed E-state index contributed by atoms with van der Waals surface area (Å²) in [5.41, 5.74) is 0.768. The van der Waals surface area contributed by atoms with E-state index in [9.17, 15) is 9.59 Å². The third kappa shape index (κ3) is 4.38. The quantitative estimate of drug-likeness (QED) is 0.515. The summed E-state index contributed by atoms with van der Waals surface area (Å²) in [6.45, 7) is 2.20. The summed E-state index contributed by atoms with van der Waals surface area (Å²) < 4.78 is 6.40. The van der Waals surface area contributed by atoms with Gasteiger partial charge in [-0.3, -0.25) is 10.1 Å². The topological polar surface area (TPSA) is 124 Å². The molecular weight excluding hydrogens is 332 g/mol. The molecule has 128 valence electrons. The Bertz CT molecular complexity index is 716. The lowest BCUT2D eigenvalue weighted by Gasteiger charge is -2.05. The van der Waals surface area contributed by atoms with Crippen LogP contribution in [-0.4, -0.2) is 46.2 Å². The van der Waals surface area contributed by atoms with Crippen molar-refractivity contribution < 1.29 is 14.3 Å². The Kier molecular flexibility index (Phi) is 6.01. The smallest absolute Gasteiger partial charge is 0.321 e. The average Bonchev–Trinajstić information content (AvgIpc) is 2.94. The lowest BCUT2D eigenvalue weighted by molar-refractivity contribution is -0.117. The minimum absolute atomic E-state index is 0.00488. The summed E-state index contributed by atoms with van der Waals surface area (Å²) in [5.74, 6) is 6.70. The lowest BCUT2D eigenvalue weighted by atomic mass is 10.2. The van der Waals surface area contributed by atoms with E-state index in [0.717, 1.165) is 23.1 Å². The molecule has 0 saturated heterocycles. The van der Waals surface area contributed by atoms with Crippen molar-refractivity contribution in [2.24, 2.45) is 0 Å². The van der Waals surface area contributed by atoms with Crippen molar-refractivity contribution in [3.05, 3.63) is 24.3 Å². The number of thioether (sulfide) groups is 1. The van der Waals surface area contributed by atoms with Crippen LogP contribution >= 0.6 is 11.8 Å². The number of benzene rings is 1. The maximum Gasteiger partial charge on any atom is 0.321 e. The predicted octanol–water partition coefficient (Wildman–Crippen LogP) is 0.605. The lowest BCUT2D eigenvalue weighted by Crippen LogP contribution is -2.40. The number of nitrogens with zero attached hydrogens (tertiary/aromatic N) is 3. The number of amides is 3. The number of nitrogens with two attached hydrogens (primary N) is 1. The van der Waals surface area contributed by atoms with Crippen LogP contribution in [0.5, 0.6) is 5.75 Å². The first-order valence-corrected chi connectivity index (χ1v) is 8.09. The van der Waals surface area contributed by atoms with E-state index in [1.807, 2.05) is 12.1 Å². The largest absolute Gasteiger partial charge is 0.497 e. The summed E-state index contributed by atoms with van der Waals surface area (Å²) in [5, 5.41) is 13.0. The minimum atomic E-state index is -0.531. The van der Waals surface area contributed by atoms with E-state index in [1.54, 1.807) is 26.2 Å². The van der Waals surface area contributed by atoms with Crippen LogP contribution in [0.25, 0.3) is 11.4 Å². The summed E-state index contributed by atoms with van der Waals surface area (Å²) >= 11 is 1.09. The van der Waals surface area contributed by atoms with Gasteiger partial charge in [-0.2, -0.15) is 0 Å². The third-order valence-corrected chi connectivity index (χ3v) is 3.88. The van der Waals surface area contributed by atoms with Crippen LogP contribution in [0.4, 0.5) is 4.79 Å². The SMILES string of the molecule is CCNC(=O)NC(=O)CSc1nnc(-c2ccc(OC)cc2)n1N. The van der Waals surface area contributed by atoms with Gasteiger partial charge in [-0.15, -0.1) is 10.2 Å². The molecule has 10 heteroatoms. The Morgan fingerprint density at radius 3 is 2.62 bits per heavy atom. The number of ether oxygens (including phenoxy) is 1. The van der Waals surface area contributed by atoms with Crippen LogP contribution in [0, 0.1) is 0 Å². The van der Waals surface area contributed by atoms with E-state index in [4.69, 9.17) is 10.6 Å². The Labute approximate surface area is 142 Å². The molecule has 0 atom stereocenters. The van der Waals surface area contributed by atoms with Gasteiger partial charge in [-0.25, -0.2) is 9.47 Å². The number of urea groups is 1. The fourth-order valence-electron chi connectivity index (χ4n) is 1.81. The van der Waals surface area contributed by atoms with Gasteiger partial charge < -0.3 is 15.9 Å². The van der Waals surface area contributed by atoms with Gasteiger partial charge >= 0.3 is 6.03 Å². The van der Waals surface area contributed by atoms with Crippen molar-refractivity contribution in [3.8, 4) is 17.1 Å². The number of rotatable bonds is 6. The predicted molar refractivity (Wildman–Crippen MR) is 90.1 cm³/mol. The average molecular weight is 350 g/mol. The molecule has 0 aliphatic carbocycles. The highest BCUT2D eigenvalue weighted by Crippen LogP contribution is 2.23. The standard InChI is InChI=1S/C14H18N6O3S/c1-3-16-13(22)17-11(21)8-24-14-19-18-12(20(14)15)9-4-6-10(23-2)7-5-9/h4-7H,3,8,15H2,1-2H3,(H2,16,17,21,22). The van der Waals surface area contributed by atoms with Crippen LogP contribution in [0.1, 0.15) is 6.92 Å². The molecule has 0 spiro atoms. The normalized spacial score (nSPS) is 10.2. The number of hydrogen-bond acceptors (Lipinski definition) is 7. The van der Waals surface area contributed by atoms with E-state index in [0.29, 0.717) is 17.5 Å². The zero-order valence-electron chi connectivity index (χ0n) is 13.3. The van der Waals surface area contributed by atoms with Crippen molar-refractivity contribution in [1.29, 1.82) is 0 Å². The van der Waals surface area contributed by atoms with Crippen LogP contribution in [0.2, 0.25) is 0 Å². The molecule has 0 aliphatic heterocycles. The molecule has 0 saturated carbocycles. The van der Waals surface area contributed by atoms with Gasteiger partial charge in [0.25, 0.3) is 0 Å². The highest BCUT2D eigenvalue weighted by molar-refractivity contribution is 7.99. The molecule has 9 nitrogen and oxygen atoms in total. The molecule has 1 heterocycles. The second-order valence-electron chi connectivity index (χ2n) is 4.60. The van der Waals surface area contributed by atoms with Crippen LogP contribution < -0.4 is 21.2 Å². The Balaban J connectivity index is 1.99. The van der Waals surface area contributed by atoms with Crippen LogP contribution in [0.3, 0.4) is 0 Å². The molecule has 1 aromatic carbocycles. The molecular formula is C14H18N6O3S. The number of aromatic nitrogens is 3. The fourth-order valence-corrected chi connectivity index (χ4v) is 2.47. The van der Waals surface area contributed by atoms with Crippen molar-refractivity contribution in [2.75, 3.05) is 25.3 Å². The molecule has 3 amide bonds. The van der Waals surface area contributed by atoms with Crippen molar-refractivity contribution in [3.63, 3.8) is 0 Å². The first-order valence-electron chi connectivity index (χ1n) is 7.10. The molecule has 4 N–H and O–H groups in total. The summed E-state index contributed by atoms with van der Waals surface area (Å²) in [6, 6.07) is 6.66. The molecule has 0 radical (unpaired) electrons. The summed E-state index contributed by atoms with van der Waals surface area (Å²) in [7, 11) is 1.58. The Morgan fingerprint density at radius 2 is 2.00 bits per heavy atom. The number of carbonyl (C=O) groups excluding carboxylic acids is 2. The highest BCUT2D eigenvalue weighted by Gasteiger charge is 2.14. The van der Waals surface area contributed by atoms with Gasteiger partial charge in [-0.05, 0) is 31.2 Å². The number of nitrogen functional groups attached to an aromatic ring is 1.